The summed E-state index contributed by atoms with van der Waals surface area (Å²) >= 11 is 0. The first kappa shape index (κ1) is 26.6. The lowest BCUT2D eigenvalue weighted by molar-refractivity contribution is 0.519. The van der Waals surface area contributed by atoms with Gasteiger partial charge in [-0.15, -0.1) is 0 Å². The second kappa shape index (κ2) is 9.48. The molecular weight excluding hydrogens is 480 g/mol. The molecule has 0 saturated carbocycles. The van der Waals surface area contributed by atoms with Crippen LogP contribution in [0.4, 0.5) is 0 Å². The summed E-state index contributed by atoms with van der Waals surface area (Å²) in [5, 5.41) is 0. The maximum Gasteiger partial charge on any atom is 0.0529 e. The van der Waals surface area contributed by atoms with Gasteiger partial charge in [0.25, 0.3) is 0 Å². The summed E-state index contributed by atoms with van der Waals surface area (Å²) in [6, 6.07) is 37.2. The molecule has 202 valence electrons. The molecule has 0 heterocycles. The van der Waals surface area contributed by atoms with E-state index in [9.17, 15) is 0 Å². The zero-order valence-electron chi connectivity index (χ0n) is 25.2. The van der Waals surface area contributed by atoms with Crippen LogP contribution in [0.5, 0.6) is 0 Å². The first-order chi connectivity index (χ1) is 19.0. The summed E-state index contributed by atoms with van der Waals surface area (Å²) in [4.78, 5) is 0. The summed E-state index contributed by atoms with van der Waals surface area (Å²) in [5.74, 6) is 0.150. The third-order valence-corrected chi connectivity index (χ3v) is 9.28. The smallest absolute Gasteiger partial charge is 0.0529 e. The highest BCUT2D eigenvalue weighted by Gasteiger charge is 2.51. The lowest BCUT2D eigenvalue weighted by Gasteiger charge is -2.44. The van der Waals surface area contributed by atoms with Crippen LogP contribution in [0, 0.1) is 0 Å². The molecule has 0 fully saturated rings. The van der Waals surface area contributed by atoms with Gasteiger partial charge >= 0.3 is 0 Å². The van der Waals surface area contributed by atoms with Crippen LogP contribution >= 0.6 is 0 Å². The molecule has 0 nitrogen and oxygen atoms in total. The van der Waals surface area contributed by atoms with Crippen LogP contribution in [0.25, 0.3) is 11.1 Å². The Kier molecular flexibility index (Phi) is 6.30. The van der Waals surface area contributed by atoms with Crippen LogP contribution < -0.4 is 0 Å². The van der Waals surface area contributed by atoms with Crippen molar-refractivity contribution in [1.82, 2.24) is 0 Å². The molecule has 2 aliphatic carbocycles. The Hall–Kier alpha value is -3.64. The molecule has 2 aliphatic rings. The Morgan fingerprint density at radius 2 is 1.00 bits per heavy atom. The molecule has 40 heavy (non-hydrogen) atoms. The fourth-order valence-electron chi connectivity index (χ4n) is 7.17. The third-order valence-electron chi connectivity index (χ3n) is 9.28. The summed E-state index contributed by atoms with van der Waals surface area (Å²) < 4.78 is 0. The van der Waals surface area contributed by atoms with Crippen LogP contribution in [-0.2, 0) is 16.2 Å². The van der Waals surface area contributed by atoms with E-state index in [2.05, 4.69) is 158 Å². The topological polar surface area (TPSA) is 0 Å². The fraction of sp³-hybridized carbons (Fsp3) is 0.300. The molecule has 0 heteroatoms. The number of fused-ring (bicyclic) bond motifs is 3. The van der Waals surface area contributed by atoms with Crippen molar-refractivity contribution in [2.45, 2.75) is 77.0 Å². The molecule has 0 radical (unpaired) electrons. The number of rotatable bonds is 4. The summed E-state index contributed by atoms with van der Waals surface area (Å²) in [5.41, 5.74) is 13.9. The minimum absolute atomic E-state index is 0.0666. The highest BCUT2D eigenvalue weighted by Crippen LogP contribution is 2.61. The normalized spacial score (nSPS) is 15.5. The SMILES string of the molecule is CC1=C(C(c2ccccc2)(c2ccccc2)C2c3cc(C(C)(C)C)ccc3-c3ccc(C(C)(C)C)cc32)CC=C1. The second-order valence-electron chi connectivity index (χ2n) is 13.8. The van der Waals surface area contributed by atoms with E-state index in [-0.39, 0.29) is 22.2 Å². The molecule has 4 aromatic carbocycles. The summed E-state index contributed by atoms with van der Waals surface area (Å²) in [6.07, 6.45) is 5.66. The van der Waals surface area contributed by atoms with E-state index in [1.54, 1.807) is 0 Å². The van der Waals surface area contributed by atoms with Crippen molar-refractivity contribution in [3.05, 3.63) is 154 Å². The Morgan fingerprint density at radius 1 is 0.550 bits per heavy atom. The van der Waals surface area contributed by atoms with Crippen molar-refractivity contribution in [2.75, 3.05) is 0 Å². The van der Waals surface area contributed by atoms with Gasteiger partial charge in [0.2, 0.25) is 0 Å². The third kappa shape index (κ3) is 4.12. The molecule has 6 rings (SSSR count). The lowest BCUT2D eigenvalue weighted by Crippen LogP contribution is -2.37. The zero-order chi connectivity index (χ0) is 28.3. The molecule has 0 amide bonds. The molecule has 0 spiro atoms. The molecule has 0 aliphatic heterocycles. The predicted octanol–water partition coefficient (Wildman–Crippen LogP) is 10.7. The largest absolute Gasteiger partial charge is 0.0801 e. The number of hydrogen-bond acceptors (Lipinski definition) is 0. The standard InChI is InChI=1S/C40H42/c1-27-15-14-20-36(27)40(28-16-10-8-11-17-28,29-18-12-9-13-19-29)37-34-25-30(38(2,3)4)21-23-32(34)33-24-22-31(26-35(33)37)39(5,6)7/h8-19,21-26,37H,20H2,1-7H3. The van der Waals surface area contributed by atoms with Crippen molar-refractivity contribution in [3.8, 4) is 11.1 Å². The quantitative estimate of drug-likeness (QED) is 0.250. The average Bonchev–Trinajstić information content (AvgIpc) is 3.51. The van der Waals surface area contributed by atoms with Crippen LogP contribution in [0.3, 0.4) is 0 Å². The second-order valence-corrected chi connectivity index (χ2v) is 13.8. The first-order valence-corrected chi connectivity index (χ1v) is 14.8. The molecule has 0 N–H and O–H groups in total. The van der Waals surface area contributed by atoms with Gasteiger partial charge in [-0.05, 0) is 74.3 Å². The molecule has 0 aromatic heterocycles. The van der Waals surface area contributed by atoms with Crippen molar-refractivity contribution < 1.29 is 0 Å². The van der Waals surface area contributed by atoms with E-state index in [1.165, 1.54) is 55.7 Å². The van der Waals surface area contributed by atoms with Crippen LogP contribution in [-0.4, -0.2) is 0 Å². The highest BCUT2D eigenvalue weighted by atomic mass is 14.5. The Labute approximate surface area is 241 Å². The zero-order valence-corrected chi connectivity index (χ0v) is 25.2. The number of hydrogen-bond donors (Lipinski definition) is 0. The average molecular weight is 523 g/mol. The van der Waals surface area contributed by atoms with Crippen molar-refractivity contribution in [3.63, 3.8) is 0 Å². The lowest BCUT2D eigenvalue weighted by atomic mass is 9.57. The van der Waals surface area contributed by atoms with Crippen LogP contribution in [0.2, 0.25) is 0 Å². The van der Waals surface area contributed by atoms with Gasteiger partial charge in [0.1, 0.15) is 0 Å². The monoisotopic (exact) mass is 522 g/mol. The minimum Gasteiger partial charge on any atom is -0.0801 e. The first-order valence-electron chi connectivity index (χ1n) is 14.8. The maximum atomic E-state index is 2.54. The Balaban J connectivity index is 1.79. The summed E-state index contributed by atoms with van der Waals surface area (Å²) in [7, 11) is 0. The summed E-state index contributed by atoms with van der Waals surface area (Å²) in [6.45, 7) is 16.3. The fourth-order valence-corrected chi connectivity index (χ4v) is 7.17. The van der Waals surface area contributed by atoms with E-state index in [0.29, 0.717) is 0 Å². The highest BCUT2D eigenvalue weighted by molar-refractivity contribution is 5.83. The molecular formula is C40H42. The van der Waals surface area contributed by atoms with Gasteiger partial charge in [-0.2, -0.15) is 0 Å². The molecule has 0 unspecified atom stereocenters. The van der Waals surface area contributed by atoms with Crippen LogP contribution in [0.1, 0.15) is 94.2 Å². The van der Waals surface area contributed by atoms with E-state index in [0.717, 1.165) is 6.42 Å². The van der Waals surface area contributed by atoms with Gasteiger partial charge in [0.05, 0.1) is 5.41 Å². The number of allylic oxidation sites excluding steroid dienone is 4. The van der Waals surface area contributed by atoms with Crippen molar-refractivity contribution >= 4 is 0 Å². The Bertz CT molecular complexity index is 1510. The number of benzene rings is 4. The van der Waals surface area contributed by atoms with E-state index in [4.69, 9.17) is 0 Å². The van der Waals surface area contributed by atoms with E-state index in [1.807, 2.05) is 0 Å². The van der Waals surface area contributed by atoms with Gasteiger partial charge in [0, 0.05) is 5.92 Å². The van der Waals surface area contributed by atoms with Gasteiger partial charge in [-0.25, -0.2) is 0 Å². The van der Waals surface area contributed by atoms with Gasteiger partial charge < -0.3 is 0 Å². The minimum atomic E-state index is -0.344. The molecule has 0 saturated heterocycles. The molecule has 4 aromatic rings. The van der Waals surface area contributed by atoms with Gasteiger partial charge in [-0.3, -0.25) is 0 Å². The predicted molar refractivity (Wildman–Crippen MR) is 171 cm³/mol. The van der Waals surface area contributed by atoms with Crippen molar-refractivity contribution in [2.24, 2.45) is 0 Å². The maximum absolute atomic E-state index is 2.54. The van der Waals surface area contributed by atoms with Crippen molar-refractivity contribution in [1.29, 1.82) is 0 Å². The van der Waals surface area contributed by atoms with Gasteiger partial charge in [-0.1, -0.05) is 156 Å². The van der Waals surface area contributed by atoms with Crippen LogP contribution in [0.15, 0.2) is 120 Å². The Morgan fingerprint density at radius 3 is 1.38 bits per heavy atom. The molecule has 0 atom stereocenters. The van der Waals surface area contributed by atoms with E-state index >= 15 is 0 Å². The molecule has 0 bridgehead atoms. The van der Waals surface area contributed by atoms with E-state index < -0.39 is 0 Å². The van der Waals surface area contributed by atoms with Gasteiger partial charge in [0.15, 0.2) is 0 Å².